The summed E-state index contributed by atoms with van der Waals surface area (Å²) in [6.45, 7) is 0.432. The van der Waals surface area contributed by atoms with Crippen LogP contribution in [0.25, 0.3) is 0 Å². The number of nitrogens with two attached hydrogens (primary N) is 1. The smallest absolute Gasteiger partial charge is 0.257 e. The van der Waals surface area contributed by atoms with Gasteiger partial charge in [-0.15, -0.1) is 0 Å². The molecule has 1 aromatic rings. The number of halogens is 2. The van der Waals surface area contributed by atoms with Crippen molar-refractivity contribution in [2.24, 2.45) is 5.73 Å². The largest absolute Gasteiger partial charge is 0.368 e. The molecule has 0 radical (unpaired) electrons. The Morgan fingerprint density at radius 2 is 2.11 bits per heavy atom. The number of rotatable bonds is 2. The first-order valence-electron chi connectivity index (χ1n) is 6.06. The van der Waals surface area contributed by atoms with Gasteiger partial charge in [-0.3, -0.25) is 9.59 Å². The van der Waals surface area contributed by atoms with Crippen molar-refractivity contribution in [3.8, 4) is 0 Å². The van der Waals surface area contributed by atoms with Gasteiger partial charge in [0.05, 0.1) is 5.56 Å². The topological polar surface area (TPSA) is 63.4 Å². The molecule has 0 bridgehead atoms. The monoisotopic (exact) mass is 328 g/mol. The number of carbonyl (C=O) groups excluding carboxylic acids is 2. The molecule has 1 aliphatic rings. The SMILES string of the molecule is NC(=O)C1CCCCN1C(=O)c1ccc(Br)cc1F. The zero-order chi connectivity index (χ0) is 14.0. The normalized spacial score (nSPS) is 19.3. The Labute approximate surface area is 118 Å². The van der Waals surface area contributed by atoms with E-state index in [-0.39, 0.29) is 5.56 Å². The quantitative estimate of drug-likeness (QED) is 0.903. The van der Waals surface area contributed by atoms with E-state index in [4.69, 9.17) is 5.73 Å². The number of benzene rings is 1. The predicted molar refractivity (Wildman–Crippen MR) is 72.0 cm³/mol. The maximum Gasteiger partial charge on any atom is 0.257 e. The third-order valence-corrected chi connectivity index (χ3v) is 3.75. The van der Waals surface area contributed by atoms with Gasteiger partial charge in [0.25, 0.3) is 5.91 Å². The van der Waals surface area contributed by atoms with Gasteiger partial charge in [0.2, 0.25) is 5.91 Å². The van der Waals surface area contributed by atoms with Crippen molar-refractivity contribution in [1.82, 2.24) is 4.90 Å². The van der Waals surface area contributed by atoms with Crippen molar-refractivity contribution in [3.63, 3.8) is 0 Å². The van der Waals surface area contributed by atoms with E-state index in [0.29, 0.717) is 17.4 Å². The van der Waals surface area contributed by atoms with E-state index in [1.807, 2.05) is 0 Å². The summed E-state index contributed by atoms with van der Waals surface area (Å²) >= 11 is 3.14. The summed E-state index contributed by atoms with van der Waals surface area (Å²) in [4.78, 5) is 25.0. The lowest BCUT2D eigenvalue weighted by molar-refractivity contribution is -0.123. The highest BCUT2D eigenvalue weighted by molar-refractivity contribution is 9.10. The number of nitrogens with zero attached hydrogens (tertiary/aromatic N) is 1. The molecule has 19 heavy (non-hydrogen) atoms. The highest BCUT2D eigenvalue weighted by Crippen LogP contribution is 2.22. The van der Waals surface area contributed by atoms with Crippen LogP contribution >= 0.6 is 15.9 Å². The number of likely N-dealkylation sites (tertiary alicyclic amines) is 1. The van der Waals surface area contributed by atoms with E-state index in [0.717, 1.165) is 12.8 Å². The molecule has 0 aliphatic carbocycles. The summed E-state index contributed by atoms with van der Waals surface area (Å²) in [6, 6.07) is 3.61. The maximum atomic E-state index is 13.8. The first kappa shape index (κ1) is 14.0. The number of carbonyl (C=O) groups is 2. The molecule has 1 aliphatic heterocycles. The van der Waals surface area contributed by atoms with Crippen LogP contribution in [0.5, 0.6) is 0 Å². The van der Waals surface area contributed by atoms with Gasteiger partial charge in [-0.2, -0.15) is 0 Å². The first-order valence-corrected chi connectivity index (χ1v) is 6.85. The zero-order valence-corrected chi connectivity index (χ0v) is 11.8. The zero-order valence-electron chi connectivity index (χ0n) is 10.2. The second-order valence-corrected chi connectivity index (χ2v) is 5.45. The van der Waals surface area contributed by atoms with Crippen molar-refractivity contribution in [1.29, 1.82) is 0 Å². The van der Waals surface area contributed by atoms with E-state index in [2.05, 4.69) is 15.9 Å². The number of piperidine rings is 1. The lowest BCUT2D eigenvalue weighted by Gasteiger charge is -2.33. The van der Waals surface area contributed by atoms with Gasteiger partial charge in [0.15, 0.2) is 0 Å². The molecule has 1 atom stereocenters. The van der Waals surface area contributed by atoms with Crippen molar-refractivity contribution in [3.05, 3.63) is 34.1 Å². The maximum absolute atomic E-state index is 13.8. The molecule has 1 heterocycles. The second kappa shape index (κ2) is 5.69. The van der Waals surface area contributed by atoms with Gasteiger partial charge in [0, 0.05) is 11.0 Å². The highest BCUT2D eigenvalue weighted by atomic mass is 79.9. The molecule has 0 saturated carbocycles. The second-order valence-electron chi connectivity index (χ2n) is 4.54. The fourth-order valence-corrected chi connectivity index (χ4v) is 2.62. The van der Waals surface area contributed by atoms with Crippen molar-refractivity contribution >= 4 is 27.7 Å². The van der Waals surface area contributed by atoms with Crippen LogP contribution < -0.4 is 5.73 Å². The summed E-state index contributed by atoms with van der Waals surface area (Å²) in [5.74, 6) is -1.62. The van der Waals surface area contributed by atoms with Crippen LogP contribution in [0.4, 0.5) is 4.39 Å². The predicted octanol–water partition coefficient (Wildman–Crippen LogP) is 2.07. The van der Waals surface area contributed by atoms with Crippen molar-refractivity contribution < 1.29 is 14.0 Å². The summed E-state index contributed by atoms with van der Waals surface area (Å²) < 4.78 is 14.4. The van der Waals surface area contributed by atoms with Gasteiger partial charge >= 0.3 is 0 Å². The summed E-state index contributed by atoms with van der Waals surface area (Å²) in [5, 5.41) is 0. The molecule has 2 rings (SSSR count). The van der Waals surface area contributed by atoms with Crippen LogP contribution in [0.15, 0.2) is 22.7 Å². The van der Waals surface area contributed by atoms with Gasteiger partial charge in [-0.1, -0.05) is 15.9 Å². The van der Waals surface area contributed by atoms with Gasteiger partial charge in [-0.25, -0.2) is 4.39 Å². The molecule has 2 N–H and O–H groups in total. The Bertz CT molecular complexity index is 521. The number of primary amides is 1. The Morgan fingerprint density at radius 1 is 1.37 bits per heavy atom. The number of amides is 2. The van der Waals surface area contributed by atoms with Crippen LogP contribution in [0.3, 0.4) is 0 Å². The molecule has 4 nitrogen and oxygen atoms in total. The molecular formula is C13H14BrFN2O2. The Balaban J connectivity index is 2.28. The Hall–Kier alpha value is -1.43. The molecule has 2 amide bonds. The third kappa shape index (κ3) is 2.94. The lowest BCUT2D eigenvalue weighted by atomic mass is 10.00. The van der Waals surface area contributed by atoms with Crippen molar-refractivity contribution in [2.45, 2.75) is 25.3 Å². The molecule has 1 fully saturated rings. The molecule has 0 aromatic heterocycles. The molecule has 1 unspecified atom stereocenters. The third-order valence-electron chi connectivity index (χ3n) is 3.25. The Kier molecular flexibility index (Phi) is 4.19. The molecule has 102 valence electrons. The van der Waals surface area contributed by atoms with Crippen LogP contribution in [-0.2, 0) is 4.79 Å². The minimum absolute atomic E-state index is 0.0312. The van der Waals surface area contributed by atoms with E-state index in [1.54, 1.807) is 6.07 Å². The fraction of sp³-hybridized carbons (Fsp3) is 0.385. The molecular weight excluding hydrogens is 315 g/mol. The van der Waals surface area contributed by atoms with E-state index in [1.165, 1.54) is 17.0 Å². The van der Waals surface area contributed by atoms with Gasteiger partial charge in [-0.05, 0) is 37.5 Å². The van der Waals surface area contributed by atoms with E-state index in [9.17, 15) is 14.0 Å². The van der Waals surface area contributed by atoms with Crippen LogP contribution in [0, 0.1) is 5.82 Å². The fourth-order valence-electron chi connectivity index (χ4n) is 2.29. The highest BCUT2D eigenvalue weighted by Gasteiger charge is 2.32. The minimum Gasteiger partial charge on any atom is -0.368 e. The molecule has 1 saturated heterocycles. The molecule has 0 spiro atoms. The van der Waals surface area contributed by atoms with Crippen LogP contribution in [0.2, 0.25) is 0 Å². The summed E-state index contributed by atoms with van der Waals surface area (Å²) in [5.41, 5.74) is 5.27. The van der Waals surface area contributed by atoms with E-state index < -0.39 is 23.7 Å². The summed E-state index contributed by atoms with van der Waals surface area (Å²) in [7, 11) is 0. The Morgan fingerprint density at radius 3 is 2.74 bits per heavy atom. The standard InChI is InChI=1S/C13H14BrFN2O2/c14-8-4-5-9(10(15)7-8)13(19)17-6-2-1-3-11(17)12(16)18/h4-5,7,11H,1-3,6H2,(H2,16,18). The van der Waals surface area contributed by atoms with Gasteiger partial charge < -0.3 is 10.6 Å². The number of hydrogen-bond donors (Lipinski definition) is 1. The lowest BCUT2D eigenvalue weighted by Crippen LogP contribution is -2.50. The van der Waals surface area contributed by atoms with E-state index >= 15 is 0 Å². The average molecular weight is 329 g/mol. The van der Waals surface area contributed by atoms with Crippen molar-refractivity contribution in [2.75, 3.05) is 6.54 Å². The van der Waals surface area contributed by atoms with Gasteiger partial charge in [0.1, 0.15) is 11.9 Å². The molecule has 1 aromatic carbocycles. The minimum atomic E-state index is -0.635. The van der Waals surface area contributed by atoms with Crippen LogP contribution in [0.1, 0.15) is 29.6 Å². The first-order chi connectivity index (χ1) is 9.00. The molecule has 6 heteroatoms. The number of hydrogen-bond acceptors (Lipinski definition) is 2. The summed E-state index contributed by atoms with van der Waals surface area (Å²) in [6.07, 6.45) is 2.19. The van der Waals surface area contributed by atoms with Crippen LogP contribution in [-0.4, -0.2) is 29.3 Å². The average Bonchev–Trinajstić information content (AvgIpc) is 2.38.